The number of benzene rings is 1. The maximum atomic E-state index is 3.62. The van der Waals surface area contributed by atoms with E-state index in [9.17, 15) is 0 Å². The molecule has 1 aromatic heterocycles. The molecule has 2 aromatic rings. The van der Waals surface area contributed by atoms with Crippen molar-refractivity contribution < 1.29 is 0 Å². The third-order valence-corrected chi connectivity index (χ3v) is 3.45. The molecule has 18 heavy (non-hydrogen) atoms. The molecule has 0 fully saturated rings. The number of nitrogens with one attached hydrogen (secondary N) is 1. The normalized spacial score (nSPS) is 13.4. The molecule has 0 aliphatic carbocycles. The highest BCUT2D eigenvalue weighted by atomic mass is 14.9. The van der Waals surface area contributed by atoms with E-state index in [1.807, 2.05) is 0 Å². The molecule has 0 radical (unpaired) electrons. The highest BCUT2D eigenvalue weighted by Gasteiger charge is 2.08. The van der Waals surface area contributed by atoms with Crippen LogP contribution in [0.15, 0.2) is 30.5 Å². The molecule has 0 aliphatic heterocycles. The summed E-state index contributed by atoms with van der Waals surface area (Å²) in [7, 11) is 2.11. The first kappa shape index (κ1) is 13.2. The van der Waals surface area contributed by atoms with Gasteiger partial charge in [-0.1, -0.05) is 32.0 Å². The van der Waals surface area contributed by atoms with Gasteiger partial charge in [0.25, 0.3) is 0 Å². The Morgan fingerprint density at radius 1 is 1.17 bits per heavy atom. The van der Waals surface area contributed by atoms with Crippen LogP contribution in [0, 0.1) is 5.92 Å². The smallest absolute Gasteiger partial charge is 0.0481 e. The summed E-state index contributed by atoms with van der Waals surface area (Å²) in [5.41, 5.74) is 2.70. The minimum absolute atomic E-state index is 0.573. The summed E-state index contributed by atoms with van der Waals surface area (Å²) in [6.07, 6.45) is 3.46. The Balaban J connectivity index is 2.08. The van der Waals surface area contributed by atoms with Crippen LogP contribution in [-0.4, -0.2) is 10.6 Å². The Morgan fingerprint density at radius 3 is 2.61 bits per heavy atom. The lowest BCUT2D eigenvalue weighted by atomic mass is 10.0. The lowest BCUT2D eigenvalue weighted by molar-refractivity contribution is 0.442. The second kappa shape index (κ2) is 5.57. The van der Waals surface area contributed by atoms with Gasteiger partial charge in [0.2, 0.25) is 0 Å². The number of fused-ring (bicyclic) bond motifs is 1. The standard InChI is InChI=1S/C16H24N2/c1-12(2)9-13(3)17-10-14-11-18(4)16-8-6-5-7-15(14)16/h5-8,11-13,17H,9-10H2,1-4H3. The van der Waals surface area contributed by atoms with Crippen molar-refractivity contribution in [2.45, 2.75) is 39.8 Å². The molecular formula is C16H24N2. The highest BCUT2D eigenvalue weighted by Crippen LogP contribution is 2.20. The number of aryl methyl sites for hydroxylation is 1. The molecule has 1 N–H and O–H groups in total. The largest absolute Gasteiger partial charge is 0.350 e. The molecule has 98 valence electrons. The Kier molecular flexibility index (Phi) is 4.07. The summed E-state index contributed by atoms with van der Waals surface area (Å²) >= 11 is 0. The minimum atomic E-state index is 0.573. The van der Waals surface area contributed by atoms with Gasteiger partial charge in [0, 0.05) is 36.7 Å². The zero-order valence-corrected chi connectivity index (χ0v) is 11.9. The first-order valence-electron chi connectivity index (χ1n) is 6.84. The maximum absolute atomic E-state index is 3.62. The van der Waals surface area contributed by atoms with Crippen LogP contribution >= 0.6 is 0 Å². The van der Waals surface area contributed by atoms with Crippen LogP contribution in [0.2, 0.25) is 0 Å². The van der Waals surface area contributed by atoms with Gasteiger partial charge in [0.15, 0.2) is 0 Å². The van der Waals surface area contributed by atoms with E-state index in [0.717, 1.165) is 12.5 Å². The number of rotatable bonds is 5. The molecule has 0 aliphatic rings. The summed E-state index contributed by atoms with van der Waals surface area (Å²) in [5, 5.41) is 4.99. The van der Waals surface area contributed by atoms with E-state index in [4.69, 9.17) is 0 Å². The molecule has 0 amide bonds. The van der Waals surface area contributed by atoms with Crippen LogP contribution in [0.1, 0.15) is 32.8 Å². The van der Waals surface area contributed by atoms with Crippen LogP contribution in [0.4, 0.5) is 0 Å². The van der Waals surface area contributed by atoms with Gasteiger partial charge < -0.3 is 9.88 Å². The number of nitrogens with zero attached hydrogens (tertiary/aromatic N) is 1. The fraction of sp³-hybridized carbons (Fsp3) is 0.500. The predicted octanol–water partition coefficient (Wildman–Crippen LogP) is 3.70. The molecule has 2 rings (SSSR count). The number of aromatic nitrogens is 1. The lowest BCUT2D eigenvalue weighted by Gasteiger charge is -2.15. The van der Waals surface area contributed by atoms with Crippen LogP contribution in [-0.2, 0) is 13.6 Å². The van der Waals surface area contributed by atoms with Crippen molar-refractivity contribution in [2.75, 3.05) is 0 Å². The zero-order valence-electron chi connectivity index (χ0n) is 11.9. The van der Waals surface area contributed by atoms with Crippen molar-refractivity contribution in [3.05, 3.63) is 36.0 Å². The third kappa shape index (κ3) is 2.94. The van der Waals surface area contributed by atoms with Gasteiger partial charge in [-0.25, -0.2) is 0 Å². The summed E-state index contributed by atoms with van der Waals surface area (Å²) < 4.78 is 2.21. The molecule has 0 saturated heterocycles. The van der Waals surface area contributed by atoms with E-state index < -0.39 is 0 Å². The molecule has 0 spiro atoms. The van der Waals surface area contributed by atoms with E-state index in [2.05, 4.69) is 68.2 Å². The van der Waals surface area contributed by atoms with E-state index in [1.165, 1.54) is 22.9 Å². The maximum Gasteiger partial charge on any atom is 0.0481 e. The number of hydrogen-bond acceptors (Lipinski definition) is 1. The summed E-state index contributed by atoms with van der Waals surface area (Å²) in [6, 6.07) is 9.17. The van der Waals surface area contributed by atoms with E-state index >= 15 is 0 Å². The lowest BCUT2D eigenvalue weighted by Crippen LogP contribution is -2.26. The number of para-hydroxylation sites is 1. The average molecular weight is 244 g/mol. The molecule has 1 unspecified atom stereocenters. The molecule has 0 bridgehead atoms. The highest BCUT2D eigenvalue weighted by molar-refractivity contribution is 5.83. The monoisotopic (exact) mass is 244 g/mol. The summed E-state index contributed by atoms with van der Waals surface area (Å²) in [4.78, 5) is 0. The second-order valence-corrected chi connectivity index (χ2v) is 5.69. The predicted molar refractivity (Wildman–Crippen MR) is 78.7 cm³/mol. The van der Waals surface area contributed by atoms with Crippen LogP contribution in [0.25, 0.3) is 10.9 Å². The zero-order chi connectivity index (χ0) is 13.1. The molecule has 2 heteroatoms. The summed E-state index contributed by atoms with van der Waals surface area (Å²) in [6.45, 7) is 7.77. The van der Waals surface area contributed by atoms with Gasteiger partial charge in [0.1, 0.15) is 0 Å². The van der Waals surface area contributed by atoms with Gasteiger partial charge in [-0.3, -0.25) is 0 Å². The quantitative estimate of drug-likeness (QED) is 0.848. The fourth-order valence-corrected chi connectivity index (χ4v) is 2.64. The molecule has 1 atom stereocenters. The van der Waals surface area contributed by atoms with Gasteiger partial charge in [-0.2, -0.15) is 0 Å². The minimum Gasteiger partial charge on any atom is -0.350 e. The molecule has 1 aromatic carbocycles. The van der Waals surface area contributed by atoms with E-state index in [-0.39, 0.29) is 0 Å². The third-order valence-electron chi connectivity index (χ3n) is 3.45. The fourth-order valence-electron chi connectivity index (χ4n) is 2.64. The van der Waals surface area contributed by atoms with Crippen LogP contribution in [0.5, 0.6) is 0 Å². The molecule has 0 saturated carbocycles. The first-order valence-corrected chi connectivity index (χ1v) is 6.84. The second-order valence-electron chi connectivity index (χ2n) is 5.69. The SMILES string of the molecule is CC(C)CC(C)NCc1cn(C)c2ccccc12. The van der Waals surface area contributed by atoms with Crippen molar-refractivity contribution in [2.24, 2.45) is 13.0 Å². The van der Waals surface area contributed by atoms with E-state index in [1.54, 1.807) is 0 Å². The van der Waals surface area contributed by atoms with Gasteiger partial charge in [-0.05, 0) is 30.9 Å². The van der Waals surface area contributed by atoms with Gasteiger partial charge in [0.05, 0.1) is 0 Å². The van der Waals surface area contributed by atoms with Gasteiger partial charge >= 0.3 is 0 Å². The Labute approximate surface area is 110 Å². The van der Waals surface area contributed by atoms with Gasteiger partial charge in [-0.15, -0.1) is 0 Å². The molecular weight excluding hydrogens is 220 g/mol. The Morgan fingerprint density at radius 2 is 1.89 bits per heavy atom. The average Bonchev–Trinajstić information content (AvgIpc) is 2.64. The Bertz CT molecular complexity index is 511. The van der Waals surface area contributed by atoms with Crippen LogP contribution in [0.3, 0.4) is 0 Å². The molecule has 1 heterocycles. The van der Waals surface area contributed by atoms with Crippen molar-refractivity contribution in [1.82, 2.24) is 9.88 Å². The van der Waals surface area contributed by atoms with Crippen molar-refractivity contribution in [1.29, 1.82) is 0 Å². The first-order chi connectivity index (χ1) is 8.58. The van der Waals surface area contributed by atoms with Crippen molar-refractivity contribution in [3.63, 3.8) is 0 Å². The topological polar surface area (TPSA) is 17.0 Å². The Hall–Kier alpha value is -1.28. The number of hydrogen-bond donors (Lipinski definition) is 1. The van der Waals surface area contributed by atoms with Crippen LogP contribution < -0.4 is 5.32 Å². The van der Waals surface area contributed by atoms with E-state index in [0.29, 0.717) is 6.04 Å². The van der Waals surface area contributed by atoms with Crippen molar-refractivity contribution in [3.8, 4) is 0 Å². The van der Waals surface area contributed by atoms with Crippen molar-refractivity contribution >= 4 is 10.9 Å². The molecule has 2 nitrogen and oxygen atoms in total. The summed E-state index contributed by atoms with van der Waals surface area (Å²) in [5.74, 6) is 0.750.